The first-order valence-electron chi connectivity index (χ1n) is 9.47. The lowest BCUT2D eigenvalue weighted by molar-refractivity contribution is -0.134. The maximum absolute atomic E-state index is 12.4. The average Bonchev–Trinajstić information content (AvgIpc) is 2.69. The van der Waals surface area contributed by atoms with Gasteiger partial charge in [0.05, 0.1) is 10.6 Å². The van der Waals surface area contributed by atoms with Crippen molar-refractivity contribution in [3.8, 4) is 5.75 Å². The molecule has 3 rings (SSSR count). The number of aryl methyl sites for hydroxylation is 2. The minimum absolute atomic E-state index is 0.0269. The number of benzene rings is 2. The van der Waals surface area contributed by atoms with Crippen molar-refractivity contribution in [1.82, 2.24) is 10.2 Å². The Bertz CT molecular complexity index is 861. The Hall–Kier alpha value is -2.53. The molecule has 0 spiro atoms. The first-order chi connectivity index (χ1) is 13.4. The van der Waals surface area contributed by atoms with E-state index in [2.05, 4.69) is 5.32 Å². The summed E-state index contributed by atoms with van der Waals surface area (Å²) < 4.78 is 5.64. The highest BCUT2D eigenvalue weighted by Crippen LogP contribution is 2.18. The molecule has 0 aliphatic carbocycles. The second-order valence-corrected chi connectivity index (χ2v) is 7.55. The number of carbonyl (C=O) groups excluding carboxylic acids is 2. The fourth-order valence-corrected chi connectivity index (χ4v) is 3.44. The Balaban J connectivity index is 1.45. The van der Waals surface area contributed by atoms with Crippen molar-refractivity contribution < 1.29 is 14.3 Å². The van der Waals surface area contributed by atoms with Crippen molar-refractivity contribution in [1.29, 1.82) is 0 Å². The van der Waals surface area contributed by atoms with Crippen LogP contribution in [-0.2, 0) is 4.79 Å². The molecule has 2 aromatic carbocycles. The third-order valence-electron chi connectivity index (χ3n) is 5.14. The Morgan fingerprint density at radius 2 is 1.82 bits per heavy atom. The number of nitrogens with zero attached hydrogens (tertiary/aromatic N) is 1. The molecule has 1 heterocycles. The monoisotopic (exact) mass is 400 g/mol. The number of halogens is 1. The van der Waals surface area contributed by atoms with Crippen molar-refractivity contribution in [2.75, 3.05) is 19.7 Å². The predicted octanol–water partition coefficient (Wildman–Crippen LogP) is 3.76. The van der Waals surface area contributed by atoms with Crippen molar-refractivity contribution in [3.05, 3.63) is 64.2 Å². The smallest absolute Gasteiger partial charge is 0.260 e. The normalized spacial score (nSPS) is 14.6. The van der Waals surface area contributed by atoms with Gasteiger partial charge in [-0.25, -0.2) is 0 Å². The lowest BCUT2D eigenvalue weighted by atomic mass is 10.0. The zero-order valence-electron chi connectivity index (χ0n) is 16.2. The number of amides is 2. The Labute approximate surface area is 170 Å². The molecule has 6 heteroatoms. The second kappa shape index (κ2) is 9.11. The Kier molecular flexibility index (Phi) is 6.57. The number of ether oxygens (including phenoxy) is 1. The van der Waals surface area contributed by atoms with Crippen LogP contribution < -0.4 is 10.1 Å². The Morgan fingerprint density at radius 1 is 1.11 bits per heavy atom. The lowest BCUT2D eigenvalue weighted by Crippen LogP contribution is -2.47. The molecule has 2 aromatic rings. The second-order valence-electron chi connectivity index (χ2n) is 7.14. The maximum Gasteiger partial charge on any atom is 0.260 e. The summed E-state index contributed by atoms with van der Waals surface area (Å²) in [6.07, 6.45) is 1.43. The van der Waals surface area contributed by atoms with E-state index < -0.39 is 0 Å². The van der Waals surface area contributed by atoms with Crippen LogP contribution in [0.5, 0.6) is 5.75 Å². The summed E-state index contributed by atoms with van der Waals surface area (Å²) in [6, 6.07) is 12.8. The van der Waals surface area contributed by atoms with Gasteiger partial charge < -0.3 is 15.0 Å². The van der Waals surface area contributed by atoms with Crippen LogP contribution in [0.25, 0.3) is 0 Å². The topological polar surface area (TPSA) is 58.6 Å². The molecular weight excluding hydrogens is 376 g/mol. The summed E-state index contributed by atoms with van der Waals surface area (Å²) in [4.78, 5) is 26.6. The lowest BCUT2D eigenvalue weighted by Gasteiger charge is -2.32. The summed E-state index contributed by atoms with van der Waals surface area (Å²) in [7, 11) is 0. The van der Waals surface area contributed by atoms with E-state index in [1.54, 1.807) is 29.2 Å². The van der Waals surface area contributed by atoms with E-state index in [-0.39, 0.29) is 24.5 Å². The van der Waals surface area contributed by atoms with Crippen LogP contribution in [0.4, 0.5) is 0 Å². The fraction of sp³-hybridized carbons (Fsp3) is 0.364. The minimum atomic E-state index is -0.173. The molecule has 1 N–H and O–H groups in total. The highest BCUT2D eigenvalue weighted by molar-refractivity contribution is 6.33. The van der Waals surface area contributed by atoms with Gasteiger partial charge in [0.15, 0.2) is 6.61 Å². The molecule has 1 aliphatic rings. The highest BCUT2D eigenvalue weighted by atomic mass is 35.5. The molecule has 0 aromatic heterocycles. The first kappa shape index (κ1) is 20.2. The van der Waals surface area contributed by atoms with Crippen LogP contribution in [0, 0.1) is 13.8 Å². The van der Waals surface area contributed by atoms with E-state index in [0.717, 1.165) is 5.56 Å². The van der Waals surface area contributed by atoms with Crippen LogP contribution >= 0.6 is 11.6 Å². The summed E-state index contributed by atoms with van der Waals surface area (Å²) >= 11 is 6.08. The van der Waals surface area contributed by atoms with Crippen molar-refractivity contribution in [2.45, 2.75) is 32.7 Å². The van der Waals surface area contributed by atoms with E-state index in [1.807, 2.05) is 32.0 Å². The standard InChI is InChI=1S/C22H25ClN2O3/c1-15-7-8-18(13-16(15)2)28-14-21(26)25-11-9-17(10-12-25)24-22(27)19-5-3-4-6-20(19)23/h3-8,13,17H,9-12,14H2,1-2H3,(H,24,27). The number of nitrogens with one attached hydrogen (secondary N) is 1. The molecule has 2 amide bonds. The molecule has 1 fully saturated rings. The van der Waals surface area contributed by atoms with E-state index >= 15 is 0 Å². The van der Waals surface area contributed by atoms with Crippen molar-refractivity contribution >= 4 is 23.4 Å². The van der Waals surface area contributed by atoms with E-state index in [4.69, 9.17) is 16.3 Å². The predicted molar refractivity (Wildman–Crippen MR) is 110 cm³/mol. The van der Waals surface area contributed by atoms with Gasteiger partial charge >= 0.3 is 0 Å². The van der Waals surface area contributed by atoms with Gasteiger partial charge in [-0.05, 0) is 62.1 Å². The van der Waals surface area contributed by atoms with E-state index in [1.165, 1.54) is 5.56 Å². The largest absolute Gasteiger partial charge is 0.484 e. The summed E-state index contributed by atoms with van der Waals surface area (Å²) in [6.45, 7) is 5.29. The summed E-state index contributed by atoms with van der Waals surface area (Å²) in [5, 5.41) is 3.45. The maximum atomic E-state index is 12.4. The zero-order valence-corrected chi connectivity index (χ0v) is 17.0. The number of hydrogen-bond donors (Lipinski definition) is 1. The van der Waals surface area contributed by atoms with Crippen molar-refractivity contribution in [3.63, 3.8) is 0 Å². The molecule has 0 unspecified atom stereocenters. The number of rotatable bonds is 5. The van der Waals surface area contributed by atoms with Crippen LogP contribution in [0.1, 0.15) is 34.3 Å². The molecule has 1 saturated heterocycles. The molecule has 28 heavy (non-hydrogen) atoms. The molecule has 0 atom stereocenters. The summed E-state index contributed by atoms with van der Waals surface area (Å²) in [5.41, 5.74) is 2.81. The average molecular weight is 401 g/mol. The third kappa shape index (κ3) is 5.04. The molecule has 0 radical (unpaired) electrons. The number of hydrogen-bond acceptors (Lipinski definition) is 3. The van der Waals surface area contributed by atoms with Crippen LogP contribution in [0.15, 0.2) is 42.5 Å². The molecule has 1 aliphatic heterocycles. The van der Waals surface area contributed by atoms with Crippen molar-refractivity contribution in [2.24, 2.45) is 0 Å². The fourth-order valence-electron chi connectivity index (χ4n) is 3.22. The summed E-state index contributed by atoms with van der Waals surface area (Å²) in [5.74, 6) is 0.501. The van der Waals surface area contributed by atoms with Crippen LogP contribution in [-0.4, -0.2) is 42.5 Å². The number of likely N-dealkylation sites (tertiary alicyclic amines) is 1. The van der Waals surface area contributed by atoms with Gasteiger partial charge in [-0.15, -0.1) is 0 Å². The van der Waals surface area contributed by atoms with E-state index in [9.17, 15) is 9.59 Å². The van der Waals surface area contributed by atoms with Gasteiger partial charge in [0, 0.05) is 19.1 Å². The Morgan fingerprint density at radius 3 is 2.50 bits per heavy atom. The van der Waals surface area contributed by atoms with Gasteiger partial charge in [0.1, 0.15) is 5.75 Å². The molecular formula is C22H25ClN2O3. The van der Waals surface area contributed by atoms with Gasteiger partial charge in [-0.1, -0.05) is 29.8 Å². The highest BCUT2D eigenvalue weighted by Gasteiger charge is 2.24. The van der Waals surface area contributed by atoms with E-state index in [0.29, 0.717) is 42.3 Å². The zero-order chi connectivity index (χ0) is 20.1. The SMILES string of the molecule is Cc1ccc(OCC(=O)N2CCC(NC(=O)c3ccccc3Cl)CC2)cc1C. The van der Waals surface area contributed by atoms with Gasteiger partial charge in [-0.2, -0.15) is 0 Å². The third-order valence-corrected chi connectivity index (χ3v) is 5.47. The van der Waals surface area contributed by atoms with Gasteiger partial charge in [0.2, 0.25) is 0 Å². The quantitative estimate of drug-likeness (QED) is 0.831. The van der Waals surface area contributed by atoms with Gasteiger partial charge in [0.25, 0.3) is 11.8 Å². The molecule has 148 valence electrons. The first-order valence-corrected chi connectivity index (χ1v) is 9.85. The molecule has 5 nitrogen and oxygen atoms in total. The number of carbonyl (C=O) groups is 2. The van der Waals surface area contributed by atoms with Crippen LogP contribution in [0.3, 0.4) is 0 Å². The molecule has 0 saturated carbocycles. The minimum Gasteiger partial charge on any atom is -0.484 e. The number of piperidine rings is 1. The van der Waals surface area contributed by atoms with Crippen LogP contribution in [0.2, 0.25) is 5.02 Å². The van der Waals surface area contributed by atoms with Gasteiger partial charge in [-0.3, -0.25) is 9.59 Å². The molecule has 0 bridgehead atoms.